The number of thioether (sulfide) groups is 1. The third-order valence-electron chi connectivity index (χ3n) is 4.09. The number of hydrogen-bond acceptors (Lipinski definition) is 4. The number of ether oxygens (including phenoxy) is 1. The van der Waals surface area contributed by atoms with Crippen molar-refractivity contribution in [1.29, 1.82) is 0 Å². The second-order valence-electron chi connectivity index (χ2n) is 5.72. The second-order valence-corrected chi connectivity index (χ2v) is 6.75. The topological polar surface area (TPSA) is 52.3 Å². The van der Waals surface area contributed by atoms with Gasteiger partial charge in [-0.2, -0.15) is 11.8 Å². The van der Waals surface area contributed by atoms with Crippen LogP contribution in [0.25, 0.3) is 0 Å². The van der Waals surface area contributed by atoms with Crippen LogP contribution in [0.2, 0.25) is 0 Å². The van der Waals surface area contributed by atoms with E-state index in [2.05, 4.69) is 0 Å². The molecule has 1 atom stereocenters. The largest absolute Gasteiger partial charge is 0.464 e. The third-order valence-corrected chi connectivity index (χ3v) is 5.45. The molecule has 1 aromatic rings. The van der Waals surface area contributed by atoms with Crippen LogP contribution in [-0.2, 0) is 15.1 Å². The molecule has 0 radical (unpaired) electrons. The first kappa shape index (κ1) is 16.4. The van der Waals surface area contributed by atoms with Crippen molar-refractivity contribution in [1.82, 2.24) is 0 Å². The highest BCUT2D eigenvalue weighted by Crippen LogP contribution is 2.31. The average Bonchev–Trinajstić information content (AvgIpc) is 3.01. The van der Waals surface area contributed by atoms with Crippen molar-refractivity contribution in [3.8, 4) is 0 Å². The Balaban J connectivity index is 2.02. The summed E-state index contributed by atoms with van der Waals surface area (Å²) in [5, 5.41) is 0. The maximum Gasteiger partial charge on any atom is 0.331 e. The van der Waals surface area contributed by atoms with E-state index in [9.17, 15) is 4.79 Å². The molecule has 0 bridgehead atoms. The van der Waals surface area contributed by atoms with Crippen LogP contribution < -0.4 is 5.73 Å². The molecule has 21 heavy (non-hydrogen) atoms. The van der Waals surface area contributed by atoms with Crippen molar-refractivity contribution in [2.45, 2.75) is 38.1 Å². The van der Waals surface area contributed by atoms with Gasteiger partial charge in [-0.1, -0.05) is 43.2 Å². The number of rotatable bonds is 7. The predicted molar refractivity (Wildman–Crippen MR) is 88.2 cm³/mol. The van der Waals surface area contributed by atoms with Gasteiger partial charge in [-0.15, -0.1) is 0 Å². The Morgan fingerprint density at radius 2 is 2.00 bits per heavy atom. The quantitative estimate of drug-likeness (QED) is 0.785. The van der Waals surface area contributed by atoms with E-state index in [0.717, 1.165) is 17.2 Å². The molecule has 0 aromatic heterocycles. The first-order valence-corrected chi connectivity index (χ1v) is 8.91. The number of hydrogen-bond donors (Lipinski definition) is 1. The normalized spacial score (nSPS) is 18.4. The Labute approximate surface area is 131 Å². The van der Waals surface area contributed by atoms with E-state index in [0.29, 0.717) is 12.4 Å². The van der Waals surface area contributed by atoms with Crippen molar-refractivity contribution >= 4 is 17.7 Å². The predicted octanol–water partition coefficient (Wildman–Crippen LogP) is 3.33. The van der Waals surface area contributed by atoms with Crippen LogP contribution >= 0.6 is 11.8 Å². The minimum atomic E-state index is -1.04. The van der Waals surface area contributed by atoms with Crippen LogP contribution in [0.5, 0.6) is 0 Å². The number of esters is 1. The summed E-state index contributed by atoms with van der Waals surface area (Å²) in [6, 6.07) is 9.58. The molecule has 0 saturated heterocycles. The number of benzene rings is 1. The Kier molecular flexibility index (Phi) is 6.12. The summed E-state index contributed by atoms with van der Waals surface area (Å²) in [6.07, 6.45) is 5.32. The Morgan fingerprint density at radius 1 is 1.33 bits per heavy atom. The van der Waals surface area contributed by atoms with Crippen LogP contribution in [0.4, 0.5) is 0 Å². The molecule has 4 heteroatoms. The van der Waals surface area contributed by atoms with Crippen LogP contribution in [0.3, 0.4) is 0 Å². The highest BCUT2D eigenvalue weighted by atomic mass is 32.2. The van der Waals surface area contributed by atoms with Crippen molar-refractivity contribution in [2.24, 2.45) is 11.7 Å². The van der Waals surface area contributed by atoms with Gasteiger partial charge in [-0.25, -0.2) is 4.79 Å². The third kappa shape index (κ3) is 4.24. The molecule has 2 rings (SSSR count). The highest BCUT2D eigenvalue weighted by molar-refractivity contribution is 7.99. The molecule has 0 spiro atoms. The molecule has 1 saturated carbocycles. The second kappa shape index (κ2) is 7.85. The number of carbonyl (C=O) groups is 1. The van der Waals surface area contributed by atoms with Crippen LogP contribution in [0.1, 0.15) is 38.2 Å². The molecule has 0 heterocycles. The van der Waals surface area contributed by atoms with E-state index < -0.39 is 5.54 Å². The first-order chi connectivity index (χ1) is 10.2. The summed E-state index contributed by atoms with van der Waals surface area (Å²) in [6.45, 7) is 2.17. The summed E-state index contributed by atoms with van der Waals surface area (Å²) in [4.78, 5) is 12.3. The lowest BCUT2D eigenvalue weighted by Gasteiger charge is -2.27. The molecule has 2 N–H and O–H groups in total. The molecule has 1 aliphatic rings. The molecule has 116 valence electrons. The van der Waals surface area contributed by atoms with Crippen LogP contribution in [0.15, 0.2) is 30.3 Å². The van der Waals surface area contributed by atoms with Crippen LogP contribution in [-0.4, -0.2) is 24.1 Å². The summed E-state index contributed by atoms with van der Waals surface area (Å²) < 4.78 is 5.21. The van der Waals surface area contributed by atoms with E-state index in [1.165, 1.54) is 25.7 Å². The summed E-state index contributed by atoms with van der Waals surface area (Å²) in [7, 11) is 0. The molecule has 1 unspecified atom stereocenters. The summed E-state index contributed by atoms with van der Waals surface area (Å²) in [5.74, 6) is 2.13. The maximum atomic E-state index is 12.3. The minimum Gasteiger partial charge on any atom is -0.464 e. The molecular weight excluding hydrogens is 282 g/mol. The van der Waals surface area contributed by atoms with Gasteiger partial charge < -0.3 is 10.5 Å². The lowest BCUT2D eigenvalue weighted by atomic mass is 9.93. The molecular formula is C17H25NO2S. The van der Waals surface area contributed by atoms with Crippen molar-refractivity contribution in [3.05, 3.63) is 35.9 Å². The molecule has 0 amide bonds. The van der Waals surface area contributed by atoms with Gasteiger partial charge in [0.05, 0.1) is 6.61 Å². The lowest BCUT2D eigenvalue weighted by molar-refractivity contribution is -0.149. The van der Waals surface area contributed by atoms with Gasteiger partial charge in [-0.3, -0.25) is 0 Å². The van der Waals surface area contributed by atoms with Gasteiger partial charge in [0, 0.05) is 5.75 Å². The molecule has 0 aliphatic heterocycles. The van der Waals surface area contributed by atoms with Gasteiger partial charge in [0.15, 0.2) is 0 Å². The Bertz CT molecular complexity index is 445. The van der Waals surface area contributed by atoms with Gasteiger partial charge in [0.25, 0.3) is 0 Å². The first-order valence-electron chi connectivity index (χ1n) is 7.76. The lowest BCUT2D eigenvalue weighted by Crippen LogP contribution is -2.48. The molecule has 1 fully saturated rings. The smallest absolute Gasteiger partial charge is 0.331 e. The fraction of sp³-hybridized carbons (Fsp3) is 0.588. The zero-order chi connectivity index (χ0) is 15.1. The fourth-order valence-corrected chi connectivity index (χ4v) is 4.21. The van der Waals surface area contributed by atoms with E-state index in [-0.39, 0.29) is 5.97 Å². The summed E-state index contributed by atoms with van der Waals surface area (Å²) >= 11 is 1.78. The van der Waals surface area contributed by atoms with Crippen molar-refractivity contribution in [2.75, 3.05) is 18.1 Å². The van der Waals surface area contributed by atoms with Gasteiger partial charge in [0.2, 0.25) is 0 Å². The van der Waals surface area contributed by atoms with Gasteiger partial charge in [-0.05, 0) is 37.0 Å². The maximum absolute atomic E-state index is 12.3. The standard InChI is InChI=1S/C17H25NO2S/c1-2-20-16(19)17(18,15-10-4-3-5-11-15)13-21-12-14-8-6-7-9-14/h3-5,10-11,14H,2,6-9,12-13,18H2,1H3. The Hall–Kier alpha value is -1.00. The SMILES string of the molecule is CCOC(=O)C(N)(CSCC1CCCC1)c1ccccc1. The number of nitrogens with two attached hydrogens (primary N) is 1. The summed E-state index contributed by atoms with van der Waals surface area (Å²) in [5.41, 5.74) is 6.23. The van der Waals surface area contributed by atoms with E-state index in [4.69, 9.17) is 10.5 Å². The zero-order valence-corrected chi connectivity index (χ0v) is 13.5. The van der Waals surface area contributed by atoms with Crippen LogP contribution in [0, 0.1) is 5.92 Å². The molecule has 3 nitrogen and oxygen atoms in total. The molecule has 1 aliphatic carbocycles. The number of carbonyl (C=O) groups excluding carboxylic acids is 1. The highest BCUT2D eigenvalue weighted by Gasteiger charge is 2.37. The van der Waals surface area contributed by atoms with Crippen molar-refractivity contribution < 1.29 is 9.53 Å². The van der Waals surface area contributed by atoms with Gasteiger partial charge >= 0.3 is 5.97 Å². The Morgan fingerprint density at radius 3 is 2.62 bits per heavy atom. The average molecular weight is 307 g/mol. The minimum absolute atomic E-state index is 0.324. The monoisotopic (exact) mass is 307 g/mol. The van der Waals surface area contributed by atoms with E-state index >= 15 is 0 Å². The molecule has 1 aromatic carbocycles. The van der Waals surface area contributed by atoms with E-state index in [1.54, 1.807) is 11.8 Å². The fourth-order valence-electron chi connectivity index (χ4n) is 2.82. The van der Waals surface area contributed by atoms with Gasteiger partial charge in [0.1, 0.15) is 5.54 Å². The van der Waals surface area contributed by atoms with Crippen molar-refractivity contribution in [3.63, 3.8) is 0 Å². The van der Waals surface area contributed by atoms with E-state index in [1.807, 2.05) is 37.3 Å². The zero-order valence-electron chi connectivity index (χ0n) is 12.7.